The van der Waals surface area contributed by atoms with Crippen molar-refractivity contribution in [3.8, 4) is 11.4 Å². The lowest BCUT2D eigenvalue weighted by molar-refractivity contribution is 0.101. The Kier molecular flexibility index (Phi) is 3.19. The summed E-state index contributed by atoms with van der Waals surface area (Å²) >= 11 is 0. The molecule has 3 aromatic rings. The van der Waals surface area contributed by atoms with Crippen molar-refractivity contribution < 1.29 is 4.79 Å². The molecular weight excluding hydrogens is 270 g/mol. The fourth-order valence-electron chi connectivity index (χ4n) is 1.87. The minimum atomic E-state index is -0.390. The largest absolute Gasteiger partial charge is 0.319 e. The van der Waals surface area contributed by atoms with E-state index in [1.807, 2.05) is 25.1 Å². The normalized spacial score (nSPS) is 10.6. The van der Waals surface area contributed by atoms with Crippen molar-refractivity contribution in [2.45, 2.75) is 13.8 Å². The maximum Gasteiger partial charge on any atom is 0.295 e. The predicted octanol–water partition coefficient (Wildman–Crippen LogP) is 1.46. The van der Waals surface area contributed by atoms with E-state index in [0.29, 0.717) is 23.2 Å². The Balaban J connectivity index is 1.91. The Morgan fingerprint density at radius 1 is 1.05 bits per heavy atom. The molecule has 0 bridgehead atoms. The number of aromatic amines is 2. The molecule has 0 saturated heterocycles. The number of para-hydroxylation sites is 1. The molecule has 2 aromatic heterocycles. The second kappa shape index (κ2) is 5.16. The van der Waals surface area contributed by atoms with Crippen molar-refractivity contribution in [3.05, 3.63) is 41.7 Å². The number of nitrogens with one attached hydrogen (secondary N) is 3. The summed E-state index contributed by atoms with van der Waals surface area (Å²) in [5, 5.41) is 16.1. The molecule has 0 aliphatic rings. The van der Waals surface area contributed by atoms with Gasteiger partial charge >= 0.3 is 0 Å². The van der Waals surface area contributed by atoms with Gasteiger partial charge in [-0.3, -0.25) is 15.0 Å². The van der Waals surface area contributed by atoms with Crippen LogP contribution < -0.4 is 5.32 Å². The summed E-state index contributed by atoms with van der Waals surface area (Å²) in [6, 6.07) is 7.29. The Morgan fingerprint density at radius 3 is 2.43 bits per heavy atom. The minimum absolute atomic E-state index is 0.0912. The zero-order valence-corrected chi connectivity index (χ0v) is 11.5. The topological polar surface area (TPSA) is 112 Å². The third kappa shape index (κ3) is 2.64. The van der Waals surface area contributed by atoms with Crippen molar-refractivity contribution in [2.75, 3.05) is 5.32 Å². The Hall–Kier alpha value is -3.03. The van der Waals surface area contributed by atoms with Crippen LogP contribution in [0, 0.1) is 13.8 Å². The first kappa shape index (κ1) is 13.0. The zero-order valence-electron chi connectivity index (χ0n) is 11.5. The van der Waals surface area contributed by atoms with Gasteiger partial charge in [0.2, 0.25) is 5.82 Å². The molecule has 0 aliphatic heterocycles. The number of H-pyrrole nitrogens is 2. The number of nitrogens with zero attached hydrogens (tertiary/aromatic N) is 4. The van der Waals surface area contributed by atoms with Gasteiger partial charge in [-0.1, -0.05) is 12.1 Å². The van der Waals surface area contributed by atoms with Crippen molar-refractivity contribution in [2.24, 2.45) is 0 Å². The first-order chi connectivity index (χ1) is 10.1. The van der Waals surface area contributed by atoms with Gasteiger partial charge in [0.1, 0.15) is 11.6 Å². The highest BCUT2D eigenvalue weighted by Gasteiger charge is 2.15. The first-order valence-electron chi connectivity index (χ1n) is 6.32. The molecule has 3 rings (SSSR count). The summed E-state index contributed by atoms with van der Waals surface area (Å²) in [7, 11) is 0. The number of hydrogen-bond donors (Lipinski definition) is 3. The number of hydrogen-bond acceptors (Lipinski definition) is 5. The molecule has 0 radical (unpaired) electrons. The monoisotopic (exact) mass is 283 g/mol. The molecule has 0 saturated carbocycles. The van der Waals surface area contributed by atoms with Gasteiger partial charge < -0.3 is 5.32 Å². The Bertz CT molecular complexity index is 789. The van der Waals surface area contributed by atoms with Gasteiger partial charge in [0.25, 0.3) is 5.91 Å². The SMILES string of the molecule is Cc1nc(C(=O)Nc2ccccc2-c2n[nH]c(C)n2)n[nH]1. The lowest BCUT2D eigenvalue weighted by Crippen LogP contribution is -2.14. The van der Waals surface area contributed by atoms with E-state index in [9.17, 15) is 4.79 Å². The van der Waals surface area contributed by atoms with Crippen LogP contribution in [0.15, 0.2) is 24.3 Å². The molecule has 0 spiro atoms. The molecule has 8 heteroatoms. The van der Waals surface area contributed by atoms with E-state index in [2.05, 4.69) is 35.7 Å². The van der Waals surface area contributed by atoms with E-state index < -0.39 is 0 Å². The van der Waals surface area contributed by atoms with E-state index in [4.69, 9.17) is 0 Å². The average molecular weight is 283 g/mol. The van der Waals surface area contributed by atoms with E-state index in [1.165, 1.54) is 0 Å². The maximum atomic E-state index is 12.1. The number of anilines is 1. The summed E-state index contributed by atoms with van der Waals surface area (Å²) < 4.78 is 0. The molecule has 3 N–H and O–H groups in total. The van der Waals surface area contributed by atoms with Gasteiger partial charge in [-0.25, -0.2) is 9.97 Å². The van der Waals surface area contributed by atoms with Gasteiger partial charge in [0.15, 0.2) is 5.82 Å². The van der Waals surface area contributed by atoms with Crippen LogP contribution in [0.2, 0.25) is 0 Å². The number of rotatable bonds is 3. The molecule has 0 fully saturated rings. The molecule has 106 valence electrons. The van der Waals surface area contributed by atoms with Crippen LogP contribution in [0.3, 0.4) is 0 Å². The number of aromatic nitrogens is 6. The van der Waals surface area contributed by atoms with Crippen molar-refractivity contribution >= 4 is 11.6 Å². The minimum Gasteiger partial charge on any atom is -0.319 e. The standard InChI is InChI=1S/C13H13N7O/c1-7-14-11(19-17-7)9-5-3-4-6-10(9)16-13(21)12-15-8(2)18-20-12/h3-6H,1-2H3,(H,16,21)(H,14,17,19)(H,15,18,20). The first-order valence-corrected chi connectivity index (χ1v) is 6.32. The quantitative estimate of drug-likeness (QED) is 0.673. The Morgan fingerprint density at radius 2 is 1.76 bits per heavy atom. The van der Waals surface area contributed by atoms with Gasteiger partial charge in [-0.05, 0) is 26.0 Å². The predicted molar refractivity (Wildman–Crippen MR) is 75.6 cm³/mol. The molecule has 2 heterocycles. The van der Waals surface area contributed by atoms with Gasteiger partial charge in [0.05, 0.1) is 5.69 Å². The fourth-order valence-corrected chi connectivity index (χ4v) is 1.87. The number of carbonyl (C=O) groups is 1. The average Bonchev–Trinajstić information content (AvgIpc) is 3.08. The molecule has 21 heavy (non-hydrogen) atoms. The van der Waals surface area contributed by atoms with Crippen molar-refractivity contribution in [1.82, 2.24) is 30.4 Å². The molecule has 1 amide bonds. The number of benzene rings is 1. The number of amides is 1. The lowest BCUT2D eigenvalue weighted by atomic mass is 10.1. The second-order valence-corrected chi connectivity index (χ2v) is 4.49. The van der Waals surface area contributed by atoms with E-state index >= 15 is 0 Å². The smallest absolute Gasteiger partial charge is 0.295 e. The van der Waals surface area contributed by atoms with E-state index in [0.717, 1.165) is 5.56 Å². The van der Waals surface area contributed by atoms with Gasteiger partial charge in [-0.15, -0.1) is 5.10 Å². The highest BCUT2D eigenvalue weighted by Crippen LogP contribution is 2.24. The summed E-state index contributed by atoms with van der Waals surface area (Å²) in [6.45, 7) is 3.54. The fraction of sp³-hybridized carbons (Fsp3) is 0.154. The Labute approximate surface area is 120 Å². The molecule has 8 nitrogen and oxygen atoms in total. The van der Waals surface area contributed by atoms with Gasteiger partial charge in [0, 0.05) is 5.56 Å². The van der Waals surface area contributed by atoms with Crippen LogP contribution in [0.25, 0.3) is 11.4 Å². The molecule has 0 unspecified atom stereocenters. The molecular formula is C13H13N7O. The van der Waals surface area contributed by atoms with Crippen LogP contribution in [0.5, 0.6) is 0 Å². The molecule has 0 atom stereocenters. The lowest BCUT2D eigenvalue weighted by Gasteiger charge is -2.06. The molecule has 1 aromatic carbocycles. The van der Waals surface area contributed by atoms with Gasteiger partial charge in [-0.2, -0.15) is 5.10 Å². The van der Waals surface area contributed by atoms with E-state index in [-0.39, 0.29) is 11.7 Å². The van der Waals surface area contributed by atoms with Crippen molar-refractivity contribution in [1.29, 1.82) is 0 Å². The third-order valence-corrected chi connectivity index (χ3v) is 2.81. The van der Waals surface area contributed by atoms with Crippen molar-refractivity contribution in [3.63, 3.8) is 0 Å². The summed E-state index contributed by atoms with van der Waals surface area (Å²) in [5.41, 5.74) is 1.33. The summed E-state index contributed by atoms with van der Waals surface area (Å²) in [5.74, 6) is 1.51. The highest BCUT2D eigenvalue weighted by molar-refractivity contribution is 6.03. The summed E-state index contributed by atoms with van der Waals surface area (Å²) in [6.07, 6.45) is 0. The van der Waals surface area contributed by atoms with Crippen LogP contribution in [-0.4, -0.2) is 36.3 Å². The van der Waals surface area contributed by atoms with E-state index in [1.54, 1.807) is 13.0 Å². The van der Waals surface area contributed by atoms with Crippen LogP contribution >= 0.6 is 0 Å². The number of aryl methyl sites for hydroxylation is 2. The molecule has 0 aliphatic carbocycles. The summed E-state index contributed by atoms with van der Waals surface area (Å²) in [4.78, 5) is 20.4. The van der Waals surface area contributed by atoms with Crippen LogP contribution in [0.4, 0.5) is 5.69 Å². The third-order valence-electron chi connectivity index (χ3n) is 2.81. The highest BCUT2D eigenvalue weighted by atomic mass is 16.2. The van der Waals surface area contributed by atoms with Crippen LogP contribution in [-0.2, 0) is 0 Å². The second-order valence-electron chi connectivity index (χ2n) is 4.49. The van der Waals surface area contributed by atoms with Crippen LogP contribution in [0.1, 0.15) is 22.3 Å². The zero-order chi connectivity index (χ0) is 14.8. The number of carbonyl (C=O) groups excluding carboxylic acids is 1. The maximum absolute atomic E-state index is 12.1.